The molecule has 0 atom stereocenters. The van der Waals surface area contributed by atoms with Crippen LogP contribution in [0.4, 0.5) is 10.1 Å². The maximum absolute atomic E-state index is 13.1. The maximum atomic E-state index is 13.1. The van der Waals surface area contributed by atoms with Crippen molar-refractivity contribution >= 4 is 27.5 Å². The van der Waals surface area contributed by atoms with E-state index in [2.05, 4.69) is 21.2 Å². The van der Waals surface area contributed by atoms with Gasteiger partial charge in [0.15, 0.2) is 0 Å². The van der Waals surface area contributed by atoms with Crippen LogP contribution in [-0.2, 0) is 0 Å². The molecule has 0 aliphatic carbocycles. The summed E-state index contributed by atoms with van der Waals surface area (Å²) in [6, 6.07) is 8.88. The van der Waals surface area contributed by atoms with Gasteiger partial charge in [-0.3, -0.25) is 4.79 Å². The van der Waals surface area contributed by atoms with Gasteiger partial charge in [-0.15, -0.1) is 0 Å². The van der Waals surface area contributed by atoms with Crippen molar-refractivity contribution in [1.29, 1.82) is 0 Å². The summed E-state index contributed by atoms with van der Waals surface area (Å²) in [6.07, 6.45) is 0. The third-order valence-electron chi connectivity index (χ3n) is 2.74. The number of anilines is 1. The zero-order chi connectivity index (χ0) is 14.0. The van der Waals surface area contributed by atoms with Crippen LogP contribution in [0.2, 0.25) is 0 Å². The summed E-state index contributed by atoms with van der Waals surface area (Å²) < 4.78 is 13.3. The van der Waals surface area contributed by atoms with Crippen LogP contribution in [0.5, 0.6) is 5.75 Å². The van der Waals surface area contributed by atoms with Gasteiger partial charge in [0.25, 0.3) is 5.91 Å². The molecule has 0 radical (unpaired) electrons. The molecule has 0 fully saturated rings. The zero-order valence-electron chi connectivity index (χ0n) is 10.1. The Balaban J connectivity index is 2.26. The first-order chi connectivity index (χ1) is 8.99. The fourth-order valence-corrected chi connectivity index (χ4v) is 1.97. The van der Waals surface area contributed by atoms with E-state index in [9.17, 15) is 14.3 Å². The number of phenols is 1. The number of carbonyl (C=O) groups excluding carboxylic acids is 1. The minimum atomic E-state index is -0.426. The summed E-state index contributed by atoms with van der Waals surface area (Å²) in [5.74, 6) is -0.683. The second kappa shape index (κ2) is 5.40. The number of hydrogen-bond donors (Lipinski definition) is 2. The first-order valence-corrected chi connectivity index (χ1v) is 6.33. The Hall–Kier alpha value is -1.88. The Bertz CT molecular complexity index is 643. The third-order valence-corrected chi connectivity index (χ3v) is 3.34. The molecule has 0 bridgehead atoms. The average molecular weight is 324 g/mol. The van der Waals surface area contributed by atoms with Crippen LogP contribution in [0.25, 0.3) is 0 Å². The highest BCUT2D eigenvalue weighted by molar-refractivity contribution is 9.10. The molecule has 2 rings (SSSR count). The number of carbonyl (C=O) groups is 1. The number of halogens is 2. The molecule has 0 heterocycles. The average Bonchev–Trinajstić information content (AvgIpc) is 2.38. The van der Waals surface area contributed by atoms with Gasteiger partial charge in [0, 0.05) is 16.8 Å². The summed E-state index contributed by atoms with van der Waals surface area (Å²) in [4.78, 5) is 12.0. The quantitative estimate of drug-likeness (QED) is 0.881. The van der Waals surface area contributed by atoms with Crippen molar-refractivity contribution in [3.05, 3.63) is 57.8 Å². The van der Waals surface area contributed by atoms with E-state index in [4.69, 9.17) is 0 Å². The topological polar surface area (TPSA) is 49.3 Å². The highest BCUT2D eigenvalue weighted by Gasteiger charge is 2.11. The lowest BCUT2D eigenvalue weighted by Gasteiger charge is -2.09. The minimum absolute atomic E-state index is 0.109. The van der Waals surface area contributed by atoms with Crippen molar-refractivity contribution in [2.24, 2.45) is 0 Å². The second-order valence-electron chi connectivity index (χ2n) is 4.03. The molecule has 0 spiro atoms. The lowest BCUT2D eigenvalue weighted by Crippen LogP contribution is -2.12. The monoisotopic (exact) mass is 323 g/mol. The summed E-state index contributed by atoms with van der Waals surface area (Å²) in [6.45, 7) is 1.70. The number of nitrogens with one attached hydrogen (secondary N) is 1. The smallest absolute Gasteiger partial charge is 0.255 e. The minimum Gasteiger partial charge on any atom is -0.508 e. The SMILES string of the molecule is Cc1c(O)cccc1NC(=O)c1ccc(F)c(Br)c1. The molecule has 3 nitrogen and oxygen atoms in total. The molecule has 0 unspecified atom stereocenters. The molecule has 98 valence electrons. The number of rotatable bonds is 2. The zero-order valence-corrected chi connectivity index (χ0v) is 11.7. The Kier molecular flexibility index (Phi) is 3.85. The van der Waals surface area contributed by atoms with E-state index in [0.29, 0.717) is 16.8 Å². The fraction of sp³-hybridized carbons (Fsp3) is 0.0714. The van der Waals surface area contributed by atoms with Crippen LogP contribution >= 0.6 is 15.9 Å². The van der Waals surface area contributed by atoms with Crippen LogP contribution in [0.1, 0.15) is 15.9 Å². The van der Waals surface area contributed by atoms with E-state index in [1.54, 1.807) is 25.1 Å². The van der Waals surface area contributed by atoms with Crippen molar-refractivity contribution in [3.63, 3.8) is 0 Å². The predicted octanol–water partition coefficient (Wildman–Crippen LogP) is 3.85. The molecule has 2 aromatic rings. The van der Waals surface area contributed by atoms with Crippen molar-refractivity contribution in [2.75, 3.05) is 5.32 Å². The standard InChI is InChI=1S/C14H11BrFNO2/c1-8-12(3-2-4-13(8)18)17-14(19)9-5-6-11(16)10(15)7-9/h2-7,18H,1H3,(H,17,19). The Morgan fingerprint density at radius 1 is 1.32 bits per heavy atom. The maximum Gasteiger partial charge on any atom is 0.255 e. The first kappa shape index (κ1) is 13.5. The van der Waals surface area contributed by atoms with Crippen LogP contribution in [0.3, 0.4) is 0 Å². The Morgan fingerprint density at radius 3 is 2.74 bits per heavy atom. The summed E-state index contributed by atoms with van der Waals surface area (Å²) >= 11 is 3.03. The van der Waals surface area contributed by atoms with E-state index in [0.717, 1.165) is 0 Å². The number of aromatic hydroxyl groups is 1. The molecule has 1 amide bonds. The van der Waals surface area contributed by atoms with Crippen LogP contribution in [0, 0.1) is 12.7 Å². The molecule has 0 aliphatic heterocycles. The molecule has 2 N–H and O–H groups in total. The number of amides is 1. The van der Waals surface area contributed by atoms with E-state index >= 15 is 0 Å². The molecule has 5 heteroatoms. The molecular formula is C14H11BrFNO2. The van der Waals surface area contributed by atoms with E-state index < -0.39 is 5.82 Å². The second-order valence-corrected chi connectivity index (χ2v) is 4.89. The Morgan fingerprint density at radius 2 is 2.05 bits per heavy atom. The highest BCUT2D eigenvalue weighted by atomic mass is 79.9. The third kappa shape index (κ3) is 2.93. The van der Waals surface area contributed by atoms with Gasteiger partial charge < -0.3 is 10.4 Å². The van der Waals surface area contributed by atoms with Crippen LogP contribution < -0.4 is 5.32 Å². The van der Waals surface area contributed by atoms with Gasteiger partial charge in [0.2, 0.25) is 0 Å². The predicted molar refractivity (Wildman–Crippen MR) is 74.9 cm³/mol. The normalized spacial score (nSPS) is 10.3. The lowest BCUT2D eigenvalue weighted by molar-refractivity contribution is 0.102. The molecule has 19 heavy (non-hydrogen) atoms. The molecule has 0 aliphatic rings. The largest absolute Gasteiger partial charge is 0.508 e. The fourth-order valence-electron chi connectivity index (χ4n) is 1.59. The van der Waals surface area contributed by atoms with Gasteiger partial charge in [0.05, 0.1) is 4.47 Å². The first-order valence-electron chi connectivity index (χ1n) is 5.54. The van der Waals surface area contributed by atoms with Gasteiger partial charge in [-0.1, -0.05) is 6.07 Å². The molecule has 0 saturated carbocycles. The van der Waals surface area contributed by atoms with Gasteiger partial charge in [-0.2, -0.15) is 0 Å². The summed E-state index contributed by atoms with van der Waals surface area (Å²) in [5.41, 5.74) is 1.43. The number of phenolic OH excluding ortho intramolecular Hbond substituents is 1. The van der Waals surface area contributed by atoms with Crippen LogP contribution in [0.15, 0.2) is 40.9 Å². The van der Waals surface area contributed by atoms with Crippen molar-refractivity contribution < 1.29 is 14.3 Å². The molecular weight excluding hydrogens is 313 g/mol. The Labute approximate surface area is 118 Å². The van der Waals surface area contributed by atoms with Crippen molar-refractivity contribution in [1.82, 2.24) is 0 Å². The van der Waals surface area contributed by atoms with Gasteiger partial charge >= 0.3 is 0 Å². The molecule has 0 saturated heterocycles. The summed E-state index contributed by atoms with van der Waals surface area (Å²) in [5, 5.41) is 12.2. The van der Waals surface area contributed by atoms with Gasteiger partial charge in [-0.05, 0) is 53.2 Å². The summed E-state index contributed by atoms with van der Waals surface area (Å²) in [7, 11) is 0. The van der Waals surface area contributed by atoms with Gasteiger partial charge in [0.1, 0.15) is 11.6 Å². The highest BCUT2D eigenvalue weighted by Crippen LogP contribution is 2.25. The number of benzene rings is 2. The van der Waals surface area contributed by atoms with Crippen LogP contribution in [-0.4, -0.2) is 11.0 Å². The van der Waals surface area contributed by atoms with E-state index in [-0.39, 0.29) is 16.1 Å². The van der Waals surface area contributed by atoms with Gasteiger partial charge in [-0.25, -0.2) is 4.39 Å². The molecule has 0 aromatic heterocycles. The molecule has 2 aromatic carbocycles. The lowest BCUT2D eigenvalue weighted by atomic mass is 10.1. The van der Waals surface area contributed by atoms with Crippen molar-refractivity contribution in [2.45, 2.75) is 6.92 Å². The van der Waals surface area contributed by atoms with E-state index in [1.807, 2.05) is 0 Å². The van der Waals surface area contributed by atoms with E-state index in [1.165, 1.54) is 18.2 Å². The number of hydrogen-bond acceptors (Lipinski definition) is 2. The van der Waals surface area contributed by atoms with Crippen molar-refractivity contribution in [3.8, 4) is 5.75 Å².